The van der Waals surface area contributed by atoms with Gasteiger partial charge in [-0.3, -0.25) is 0 Å². The second-order valence-electron chi connectivity index (χ2n) is 2.54. The Morgan fingerprint density at radius 3 is 3.17 bits per heavy atom. The van der Waals surface area contributed by atoms with Crippen molar-refractivity contribution < 1.29 is 14.3 Å². The fourth-order valence-electron chi connectivity index (χ4n) is 1.21. The molecule has 62 valence electrons. The van der Waals surface area contributed by atoms with Gasteiger partial charge in [0.25, 0.3) is 0 Å². The molecule has 0 aromatic carbocycles. The molecular formula is C9H8O3. The van der Waals surface area contributed by atoms with Gasteiger partial charge in [0.1, 0.15) is 6.29 Å². The summed E-state index contributed by atoms with van der Waals surface area (Å²) in [5.74, 6) is 0.990. The molecule has 0 saturated heterocycles. The molecule has 1 aliphatic carbocycles. The molecule has 1 unspecified atom stereocenters. The lowest BCUT2D eigenvalue weighted by molar-refractivity contribution is -0.109. The molecule has 0 saturated carbocycles. The van der Waals surface area contributed by atoms with Crippen molar-refractivity contribution in [1.29, 1.82) is 0 Å². The Labute approximate surface area is 70.0 Å². The summed E-state index contributed by atoms with van der Waals surface area (Å²) < 4.78 is 10.3. The molecule has 0 spiro atoms. The number of carbonyl (C=O) groups excluding carboxylic acids is 1. The van der Waals surface area contributed by atoms with Gasteiger partial charge in [-0.15, -0.1) is 0 Å². The van der Waals surface area contributed by atoms with E-state index in [0.717, 1.165) is 6.29 Å². The molecule has 12 heavy (non-hydrogen) atoms. The minimum absolute atomic E-state index is 0.215. The van der Waals surface area contributed by atoms with Crippen LogP contribution in [0.15, 0.2) is 35.8 Å². The molecule has 0 N–H and O–H groups in total. The number of allylic oxidation sites excluding steroid dienone is 4. The van der Waals surface area contributed by atoms with Crippen LogP contribution in [0.5, 0.6) is 0 Å². The molecule has 3 nitrogen and oxygen atoms in total. The van der Waals surface area contributed by atoms with E-state index in [0.29, 0.717) is 11.5 Å². The van der Waals surface area contributed by atoms with Crippen molar-refractivity contribution in [2.75, 3.05) is 6.79 Å². The van der Waals surface area contributed by atoms with E-state index in [9.17, 15) is 4.79 Å². The van der Waals surface area contributed by atoms with Gasteiger partial charge >= 0.3 is 0 Å². The molecular weight excluding hydrogens is 156 g/mol. The van der Waals surface area contributed by atoms with Crippen LogP contribution in [-0.4, -0.2) is 13.1 Å². The van der Waals surface area contributed by atoms with Crippen molar-refractivity contribution in [2.24, 2.45) is 5.92 Å². The van der Waals surface area contributed by atoms with Crippen molar-refractivity contribution in [3.63, 3.8) is 0 Å². The van der Waals surface area contributed by atoms with E-state index < -0.39 is 0 Å². The van der Waals surface area contributed by atoms with Crippen LogP contribution in [0.25, 0.3) is 0 Å². The van der Waals surface area contributed by atoms with Crippen molar-refractivity contribution in [2.45, 2.75) is 0 Å². The van der Waals surface area contributed by atoms with E-state index in [4.69, 9.17) is 9.47 Å². The Kier molecular flexibility index (Phi) is 1.70. The Bertz CT molecular complexity index is 286. The van der Waals surface area contributed by atoms with Gasteiger partial charge in [-0.25, -0.2) is 0 Å². The third-order valence-electron chi connectivity index (χ3n) is 1.80. The second kappa shape index (κ2) is 2.85. The Hall–Kier alpha value is -1.51. The number of carbonyl (C=O) groups is 1. The van der Waals surface area contributed by atoms with Gasteiger partial charge < -0.3 is 14.3 Å². The van der Waals surface area contributed by atoms with Crippen LogP contribution in [0.3, 0.4) is 0 Å². The summed E-state index contributed by atoms with van der Waals surface area (Å²) in [7, 11) is 0. The minimum Gasteiger partial charge on any atom is -0.457 e. The summed E-state index contributed by atoms with van der Waals surface area (Å²) in [4.78, 5) is 10.6. The number of ether oxygens (including phenoxy) is 2. The van der Waals surface area contributed by atoms with Gasteiger partial charge in [0.05, 0.1) is 5.92 Å². The Balaban J connectivity index is 2.37. The number of rotatable bonds is 1. The maximum absolute atomic E-state index is 10.6. The smallest absolute Gasteiger partial charge is 0.230 e. The molecule has 0 bridgehead atoms. The van der Waals surface area contributed by atoms with Gasteiger partial charge in [-0.1, -0.05) is 18.2 Å². The zero-order valence-corrected chi connectivity index (χ0v) is 6.40. The van der Waals surface area contributed by atoms with Crippen LogP contribution in [0.1, 0.15) is 0 Å². The summed E-state index contributed by atoms with van der Waals surface area (Å²) in [6, 6.07) is 0. The summed E-state index contributed by atoms with van der Waals surface area (Å²) in [6.45, 7) is 0.215. The molecule has 1 heterocycles. The van der Waals surface area contributed by atoms with E-state index in [2.05, 4.69) is 0 Å². The van der Waals surface area contributed by atoms with Crippen molar-refractivity contribution in [3.05, 3.63) is 35.8 Å². The molecule has 0 aromatic heterocycles. The fourth-order valence-corrected chi connectivity index (χ4v) is 1.21. The van der Waals surface area contributed by atoms with Crippen LogP contribution in [-0.2, 0) is 14.3 Å². The van der Waals surface area contributed by atoms with Crippen LogP contribution >= 0.6 is 0 Å². The van der Waals surface area contributed by atoms with E-state index in [1.807, 2.05) is 12.2 Å². The molecule has 2 aliphatic rings. The highest BCUT2D eigenvalue weighted by molar-refractivity contribution is 5.62. The standard InChI is InChI=1S/C9H8O3/c10-5-7-3-1-2-4-8-9(7)12-6-11-8/h1-5,7H,6H2. The minimum atomic E-state index is -0.294. The SMILES string of the molecule is O=CC1C=CC=CC2=C1OCO2. The molecule has 0 amide bonds. The first kappa shape index (κ1) is 7.16. The van der Waals surface area contributed by atoms with Crippen LogP contribution in [0.4, 0.5) is 0 Å². The third-order valence-corrected chi connectivity index (χ3v) is 1.80. The second-order valence-corrected chi connectivity index (χ2v) is 2.54. The lowest BCUT2D eigenvalue weighted by atomic mass is 10.1. The molecule has 2 rings (SSSR count). The third kappa shape index (κ3) is 1.03. The largest absolute Gasteiger partial charge is 0.457 e. The van der Waals surface area contributed by atoms with E-state index in [-0.39, 0.29) is 12.7 Å². The number of hydrogen-bond donors (Lipinski definition) is 0. The van der Waals surface area contributed by atoms with Crippen molar-refractivity contribution in [1.82, 2.24) is 0 Å². The highest BCUT2D eigenvalue weighted by Gasteiger charge is 2.23. The first-order chi connectivity index (χ1) is 5.92. The van der Waals surface area contributed by atoms with Gasteiger partial charge in [-0.05, 0) is 6.08 Å². The normalized spacial score (nSPS) is 25.8. The molecule has 1 atom stereocenters. The molecule has 0 aromatic rings. The zero-order valence-electron chi connectivity index (χ0n) is 6.40. The maximum Gasteiger partial charge on any atom is 0.230 e. The Morgan fingerprint density at radius 2 is 2.33 bits per heavy atom. The average Bonchev–Trinajstić information content (AvgIpc) is 2.46. The van der Waals surface area contributed by atoms with E-state index >= 15 is 0 Å². The van der Waals surface area contributed by atoms with Crippen molar-refractivity contribution >= 4 is 6.29 Å². The molecule has 3 heteroatoms. The van der Waals surface area contributed by atoms with Gasteiger partial charge in [0, 0.05) is 0 Å². The zero-order chi connectivity index (χ0) is 8.39. The predicted molar refractivity (Wildman–Crippen MR) is 41.9 cm³/mol. The van der Waals surface area contributed by atoms with Gasteiger partial charge in [-0.2, -0.15) is 0 Å². The first-order valence-corrected chi connectivity index (χ1v) is 3.72. The molecule has 1 aliphatic heterocycles. The average molecular weight is 164 g/mol. The fraction of sp³-hybridized carbons (Fsp3) is 0.222. The topological polar surface area (TPSA) is 35.5 Å². The summed E-state index contributed by atoms with van der Waals surface area (Å²) in [6.07, 6.45) is 8.05. The Morgan fingerprint density at radius 1 is 1.42 bits per heavy atom. The molecule has 0 fully saturated rings. The molecule has 0 radical (unpaired) electrons. The predicted octanol–water partition coefficient (Wildman–Crippen LogP) is 1.14. The van der Waals surface area contributed by atoms with Crippen LogP contribution in [0, 0.1) is 5.92 Å². The lowest BCUT2D eigenvalue weighted by Crippen LogP contribution is -2.03. The van der Waals surface area contributed by atoms with Gasteiger partial charge in [0.2, 0.25) is 6.79 Å². The summed E-state index contributed by atoms with van der Waals surface area (Å²) in [5.41, 5.74) is 0. The van der Waals surface area contributed by atoms with Crippen molar-refractivity contribution in [3.8, 4) is 0 Å². The summed E-state index contributed by atoms with van der Waals surface area (Å²) >= 11 is 0. The van der Waals surface area contributed by atoms with Crippen LogP contribution < -0.4 is 0 Å². The lowest BCUT2D eigenvalue weighted by Gasteiger charge is -2.03. The van der Waals surface area contributed by atoms with E-state index in [1.165, 1.54) is 0 Å². The monoisotopic (exact) mass is 164 g/mol. The highest BCUT2D eigenvalue weighted by Crippen LogP contribution is 2.26. The summed E-state index contributed by atoms with van der Waals surface area (Å²) in [5, 5.41) is 0. The first-order valence-electron chi connectivity index (χ1n) is 3.72. The van der Waals surface area contributed by atoms with Crippen LogP contribution in [0.2, 0.25) is 0 Å². The maximum atomic E-state index is 10.6. The highest BCUT2D eigenvalue weighted by atomic mass is 16.7. The van der Waals surface area contributed by atoms with E-state index in [1.54, 1.807) is 12.2 Å². The quantitative estimate of drug-likeness (QED) is 0.545. The number of aldehydes is 1. The van der Waals surface area contributed by atoms with Gasteiger partial charge in [0.15, 0.2) is 11.5 Å². The number of hydrogen-bond acceptors (Lipinski definition) is 3.